The summed E-state index contributed by atoms with van der Waals surface area (Å²) in [7, 11) is 0. The summed E-state index contributed by atoms with van der Waals surface area (Å²) in [5.41, 5.74) is 9.02. The number of fused-ring (bicyclic) bond motifs is 2. The van der Waals surface area contributed by atoms with Gasteiger partial charge in [0, 0.05) is 57.2 Å². The average molecular weight is 891 g/mol. The Bertz CT molecular complexity index is 2590. The Balaban J connectivity index is 0.000000202. The molecule has 5 N–H and O–H groups in total. The predicted molar refractivity (Wildman–Crippen MR) is 231 cm³/mol. The largest absolute Gasteiger partial charge is 1.00 e. The molecule has 0 aliphatic carbocycles. The fourth-order valence-corrected chi connectivity index (χ4v) is 9.27. The number of nitrogens with two attached hydrogens (primary N) is 1. The van der Waals surface area contributed by atoms with E-state index < -0.39 is 5.91 Å². The van der Waals surface area contributed by atoms with E-state index in [4.69, 9.17) is 16.2 Å². The number of para-hydroxylation sites is 2. The molecule has 4 aliphatic heterocycles. The van der Waals surface area contributed by atoms with Gasteiger partial charge in [0.1, 0.15) is 11.6 Å². The monoisotopic (exact) mass is 890 g/mol. The molecular formula is C44H47N14NaO6. The minimum atomic E-state index is -0.469. The molecule has 0 bridgehead atoms. The van der Waals surface area contributed by atoms with Crippen molar-refractivity contribution in [3.05, 3.63) is 132 Å². The SMILES string of the molecule is N#Cc1ccnc(N2CC[C@@H]3CCN(C(=O)c4ccccc4-n4nccn4)C[C@@H]32)c1.NC(=O)c1ccnc(N2CC[C@@H]3CCN(C(=O)c4ccccc4-n4nccn4)C[C@@H]32)c1.OO.[Na+].[OH-]. The van der Waals surface area contributed by atoms with Gasteiger partial charge in [-0.3, -0.25) is 24.9 Å². The van der Waals surface area contributed by atoms with Crippen molar-refractivity contribution in [2.24, 2.45) is 17.6 Å². The Kier molecular flexibility index (Phi) is 16.1. The summed E-state index contributed by atoms with van der Waals surface area (Å²) >= 11 is 0. The number of piperidine rings is 2. The van der Waals surface area contributed by atoms with Gasteiger partial charge in [-0.05, 0) is 86.1 Å². The summed E-state index contributed by atoms with van der Waals surface area (Å²) in [5.74, 6) is 2.07. The first-order valence-electron chi connectivity index (χ1n) is 20.7. The summed E-state index contributed by atoms with van der Waals surface area (Å²) in [6, 6.07) is 24.3. The maximum atomic E-state index is 13.5. The number of likely N-dealkylation sites (tertiary alicyclic amines) is 2. The van der Waals surface area contributed by atoms with Gasteiger partial charge in [-0.25, -0.2) is 9.97 Å². The van der Waals surface area contributed by atoms with Gasteiger partial charge in [0.2, 0.25) is 5.91 Å². The zero-order valence-electron chi connectivity index (χ0n) is 35.7. The first-order chi connectivity index (χ1) is 30.9. The fourth-order valence-electron chi connectivity index (χ4n) is 9.27. The van der Waals surface area contributed by atoms with Crippen LogP contribution in [0.2, 0.25) is 0 Å². The molecule has 0 unspecified atom stereocenters. The summed E-state index contributed by atoms with van der Waals surface area (Å²) in [6.07, 6.45) is 13.7. The van der Waals surface area contributed by atoms with Crippen molar-refractivity contribution < 1.29 is 59.9 Å². The maximum Gasteiger partial charge on any atom is 1.00 e. The third-order valence-corrected chi connectivity index (χ3v) is 12.3. The summed E-state index contributed by atoms with van der Waals surface area (Å²) in [5, 5.41) is 38.0. The van der Waals surface area contributed by atoms with Gasteiger partial charge in [-0.1, -0.05) is 24.3 Å². The topological polar surface area (TPSA) is 272 Å². The van der Waals surface area contributed by atoms with E-state index in [1.54, 1.807) is 55.4 Å². The quantitative estimate of drug-likeness (QED) is 0.113. The van der Waals surface area contributed by atoms with Crippen molar-refractivity contribution in [3.8, 4) is 17.4 Å². The molecule has 10 rings (SSSR count). The number of aromatic nitrogens is 8. The van der Waals surface area contributed by atoms with Crippen molar-refractivity contribution in [3.63, 3.8) is 0 Å². The summed E-state index contributed by atoms with van der Waals surface area (Å²) in [4.78, 5) is 58.7. The Morgan fingerprint density at radius 2 is 1.05 bits per heavy atom. The zero-order chi connectivity index (χ0) is 43.9. The molecule has 8 heterocycles. The molecule has 0 radical (unpaired) electrons. The molecule has 4 fully saturated rings. The molecule has 4 aromatic heterocycles. The zero-order valence-corrected chi connectivity index (χ0v) is 37.7. The molecule has 330 valence electrons. The third-order valence-electron chi connectivity index (χ3n) is 12.3. The van der Waals surface area contributed by atoms with Gasteiger partial charge in [0.25, 0.3) is 11.8 Å². The van der Waals surface area contributed by atoms with Crippen molar-refractivity contribution in [2.45, 2.75) is 37.8 Å². The number of carbonyl (C=O) groups excluding carboxylic acids is 3. The van der Waals surface area contributed by atoms with Gasteiger partial charge < -0.3 is 30.8 Å². The van der Waals surface area contributed by atoms with Crippen molar-refractivity contribution in [1.29, 1.82) is 5.26 Å². The Labute approximate surface area is 396 Å². The van der Waals surface area contributed by atoms with E-state index in [0.717, 1.165) is 57.0 Å². The van der Waals surface area contributed by atoms with Gasteiger partial charge in [-0.15, -0.1) is 0 Å². The van der Waals surface area contributed by atoms with Gasteiger partial charge in [0.15, 0.2) is 0 Å². The van der Waals surface area contributed by atoms with Crippen molar-refractivity contribution >= 4 is 29.4 Å². The number of hydrogen-bond donors (Lipinski definition) is 3. The number of anilines is 2. The van der Waals surface area contributed by atoms with Crippen molar-refractivity contribution in [1.82, 2.24) is 49.8 Å². The Morgan fingerprint density at radius 1 is 0.615 bits per heavy atom. The van der Waals surface area contributed by atoms with E-state index in [9.17, 15) is 19.6 Å². The number of rotatable bonds is 7. The minimum Gasteiger partial charge on any atom is -0.870 e. The molecule has 4 saturated heterocycles. The molecule has 2 aromatic carbocycles. The van der Waals surface area contributed by atoms with E-state index in [2.05, 4.69) is 46.2 Å². The van der Waals surface area contributed by atoms with Crippen LogP contribution in [0.25, 0.3) is 11.4 Å². The normalized spacial score (nSPS) is 19.4. The second-order valence-electron chi connectivity index (χ2n) is 15.7. The van der Waals surface area contributed by atoms with Crippen LogP contribution >= 0.6 is 0 Å². The molecular weight excluding hydrogens is 844 g/mol. The van der Waals surface area contributed by atoms with Crippen LogP contribution in [0.15, 0.2) is 110 Å². The van der Waals surface area contributed by atoms with E-state index in [0.29, 0.717) is 65.1 Å². The van der Waals surface area contributed by atoms with Crippen LogP contribution in [0.1, 0.15) is 62.3 Å². The van der Waals surface area contributed by atoms with Crippen molar-refractivity contribution in [2.75, 3.05) is 49.1 Å². The Hall–Kier alpha value is -6.60. The number of benzene rings is 2. The molecule has 4 atom stereocenters. The standard InChI is InChI=1S/C22H23N7O2.C22H21N7O.Na.H2O2.H2O/c23-21(30)16-5-8-24-20(13-16)28-12-7-15-6-11-27(14-19(15)28)22(31)17-3-1-2-4-18(17)29-25-9-10-26-29;23-14-16-5-8-24-21(13-16)28-12-7-17-6-11-27(15-20(17)28)22(30)18-3-1-2-4-19(18)29-25-9-10-26-29;;1-2;/h1-5,8-10,13,15,19H,6-7,11-12,14H2,(H2,23,30);1-5,8-10,13,17,20H,6-7,11-12,15H2;;1-2H;1H2/q;;+1;;/p-1/t15-,19-;17-,20-;;;/m00.../s1. The van der Waals surface area contributed by atoms with Gasteiger partial charge in [-0.2, -0.15) is 35.2 Å². The molecule has 0 saturated carbocycles. The predicted octanol–water partition coefficient (Wildman–Crippen LogP) is 0.622. The van der Waals surface area contributed by atoms with Crippen LogP contribution in [0.5, 0.6) is 0 Å². The smallest absolute Gasteiger partial charge is 0.870 e. The third kappa shape index (κ3) is 10.2. The van der Waals surface area contributed by atoms with Crippen LogP contribution in [0.3, 0.4) is 0 Å². The van der Waals surface area contributed by atoms with Crippen LogP contribution in [0.4, 0.5) is 11.6 Å². The van der Waals surface area contributed by atoms with Gasteiger partial charge in [0.05, 0.1) is 71.0 Å². The maximum absolute atomic E-state index is 13.5. The van der Waals surface area contributed by atoms with Crippen LogP contribution < -0.4 is 45.1 Å². The molecule has 4 aliphatic rings. The number of nitrogens with zero attached hydrogens (tertiary/aromatic N) is 13. The van der Waals surface area contributed by atoms with E-state index in [1.807, 2.05) is 64.4 Å². The summed E-state index contributed by atoms with van der Waals surface area (Å²) in [6.45, 7) is 4.44. The average Bonchev–Trinajstić information content (AvgIpc) is 4.20. The number of nitriles is 1. The first-order valence-corrected chi connectivity index (χ1v) is 20.7. The van der Waals surface area contributed by atoms with Crippen LogP contribution in [-0.4, -0.2) is 135 Å². The molecule has 0 spiro atoms. The molecule has 3 amide bonds. The van der Waals surface area contributed by atoms with E-state index in [1.165, 1.54) is 9.59 Å². The first kappa shape index (κ1) is 47.9. The van der Waals surface area contributed by atoms with Gasteiger partial charge >= 0.3 is 29.6 Å². The van der Waals surface area contributed by atoms with Crippen LogP contribution in [-0.2, 0) is 0 Å². The van der Waals surface area contributed by atoms with E-state index >= 15 is 0 Å². The second kappa shape index (κ2) is 21.9. The minimum absolute atomic E-state index is 0. The number of primary amides is 1. The molecule has 20 nitrogen and oxygen atoms in total. The number of carbonyl (C=O) groups is 3. The second-order valence-corrected chi connectivity index (χ2v) is 15.7. The number of hydrogen-bond acceptors (Lipinski definition) is 15. The fraction of sp³-hybridized carbons (Fsp3) is 0.318. The summed E-state index contributed by atoms with van der Waals surface area (Å²) < 4.78 is 0. The Morgan fingerprint density at radius 3 is 1.51 bits per heavy atom. The molecule has 21 heteroatoms. The van der Waals surface area contributed by atoms with E-state index in [-0.39, 0.29) is 58.9 Å². The number of amides is 3. The van der Waals surface area contributed by atoms with Crippen LogP contribution in [0, 0.1) is 23.2 Å². The molecule has 6 aromatic rings. The number of pyridine rings is 2. The molecule has 65 heavy (non-hydrogen) atoms.